The van der Waals surface area contributed by atoms with E-state index in [9.17, 15) is 18.0 Å². The fourth-order valence-corrected chi connectivity index (χ4v) is 2.30. The summed E-state index contributed by atoms with van der Waals surface area (Å²) >= 11 is 0. The molecule has 0 unspecified atom stereocenters. The summed E-state index contributed by atoms with van der Waals surface area (Å²) in [7, 11) is 0. The standard InChI is InChI=1S/C8H9F3O/c9-8(10,11)7-4-2-1-3-5(12)6(4)7/h4,6-7H,1-3H2/t4-,6+,7-/m1/s1. The zero-order valence-electron chi connectivity index (χ0n) is 6.40. The number of alkyl halides is 3. The van der Waals surface area contributed by atoms with E-state index < -0.39 is 18.0 Å². The van der Waals surface area contributed by atoms with Gasteiger partial charge in [-0.15, -0.1) is 0 Å². The fourth-order valence-electron chi connectivity index (χ4n) is 2.30. The van der Waals surface area contributed by atoms with Crippen molar-refractivity contribution in [2.45, 2.75) is 25.4 Å². The molecule has 2 saturated carbocycles. The zero-order valence-corrected chi connectivity index (χ0v) is 6.40. The number of hydrogen-bond acceptors (Lipinski definition) is 1. The summed E-state index contributed by atoms with van der Waals surface area (Å²) in [5, 5.41) is 0. The maximum Gasteiger partial charge on any atom is 0.392 e. The summed E-state index contributed by atoms with van der Waals surface area (Å²) < 4.78 is 36.5. The Hall–Kier alpha value is -0.540. The van der Waals surface area contributed by atoms with Gasteiger partial charge in [-0.05, 0) is 18.8 Å². The lowest BCUT2D eigenvalue weighted by Gasteiger charge is -2.04. The molecule has 0 aromatic rings. The first-order chi connectivity index (χ1) is 5.52. The molecule has 0 aromatic heterocycles. The molecule has 0 aliphatic heterocycles. The van der Waals surface area contributed by atoms with Crippen LogP contribution in [0.25, 0.3) is 0 Å². The van der Waals surface area contributed by atoms with Crippen LogP contribution in [0.1, 0.15) is 19.3 Å². The highest BCUT2D eigenvalue weighted by Crippen LogP contribution is 2.60. The molecule has 0 saturated heterocycles. The number of rotatable bonds is 0. The van der Waals surface area contributed by atoms with Crippen molar-refractivity contribution in [2.75, 3.05) is 0 Å². The lowest BCUT2D eigenvalue weighted by atomic mass is 10.00. The second-order valence-corrected chi connectivity index (χ2v) is 3.62. The number of ketones is 1. The molecule has 0 amide bonds. The molecule has 2 aliphatic carbocycles. The summed E-state index contributed by atoms with van der Waals surface area (Å²) in [5.74, 6) is -2.51. The van der Waals surface area contributed by atoms with Crippen molar-refractivity contribution in [2.24, 2.45) is 17.8 Å². The summed E-state index contributed by atoms with van der Waals surface area (Å²) in [6, 6.07) is 0. The van der Waals surface area contributed by atoms with E-state index in [0.717, 1.165) is 0 Å². The van der Waals surface area contributed by atoms with E-state index in [-0.39, 0.29) is 11.7 Å². The minimum Gasteiger partial charge on any atom is -0.299 e. The smallest absolute Gasteiger partial charge is 0.299 e. The highest BCUT2D eigenvalue weighted by atomic mass is 19.4. The van der Waals surface area contributed by atoms with Crippen LogP contribution in [0, 0.1) is 17.8 Å². The van der Waals surface area contributed by atoms with Gasteiger partial charge in [-0.1, -0.05) is 0 Å². The van der Waals surface area contributed by atoms with E-state index >= 15 is 0 Å². The molecule has 4 heteroatoms. The molecule has 2 fully saturated rings. The van der Waals surface area contributed by atoms with Gasteiger partial charge in [0.05, 0.1) is 5.92 Å². The molecular formula is C8H9F3O. The van der Waals surface area contributed by atoms with Crippen LogP contribution in [0.2, 0.25) is 0 Å². The molecule has 0 aromatic carbocycles. The molecule has 68 valence electrons. The van der Waals surface area contributed by atoms with Crippen LogP contribution >= 0.6 is 0 Å². The minimum absolute atomic E-state index is 0.173. The van der Waals surface area contributed by atoms with Gasteiger partial charge < -0.3 is 0 Å². The second-order valence-electron chi connectivity index (χ2n) is 3.62. The summed E-state index contributed by atoms with van der Waals surface area (Å²) in [4.78, 5) is 11.0. The third kappa shape index (κ3) is 1.04. The fraction of sp³-hybridized carbons (Fsp3) is 0.875. The molecule has 0 spiro atoms. The van der Waals surface area contributed by atoms with Crippen LogP contribution in [-0.4, -0.2) is 12.0 Å². The van der Waals surface area contributed by atoms with Gasteiger partial charge in [-0.2, -0.15) is 13.2 Å². The normalized spacial score (nSPS) is 40.9. The number of halogens is 3. The zero-order chi connectivity index (χ0) is 8.93. The van der Waals surface area contributed by atoms with Gasteiger partial charge in [-0.3, -0.25) is 4.79 Å². The Bertz CT molecular complexity index is 221. The predicted molar refractivity (Wildman–Crippen MR) is 35.4 cm³/mol. The number of fused-ring (bicyclic) bond motifs is 1. The van der Waals surface area contributed by atoms with Crippen LogP contribution < -0.4 is 0 Å². The molecule has 2 rings (SSSR count). The highest BCUT2D eigenvalue weighted by Gasteiger charge is 2.67. The van der Waals surface area contributed by atoms with Crippen molar-refractivity contribution >= 4 is 5.78 Å². The van der Waals surface area contributed by atoms with E-state index in [0.29, 0.717) is 19.3 Å². The topological polar surface area (TPSA) is 17.1 Å². The Kier molecular flexibility index (Phi) is 1.50. The molecule has 0 bridgehead atoms. The van der Waals surface area contributed by atoms with Gasteiger partial charge in [0, 0.05) is 12.3 Å². The second kappa shape index (κ2) is 2.24. The van der Waals surface area contributed by atoms with E-state index in [4.69, 9.17) is 0 Å². The first kappa shape index (κ1) is 8.08. The average Bonchev–Trinajstić information content (AvgIpc) is 2.60. The molecule has 2 aliphatic rings. The van der Waals surface area contributed by atoms with Crippen molar-refractivity contribution in [3.8, 4) is 0 Å². The highest BCUT2D eigenvalue weighted by molar-refractivity contribution is 5.85. The Morgan fingerprint density at radius 2 is 2.00 bits per heavy atom. The molecule has 1 nitrogen and oxygen atoms in total. The number of Topliss-reactive ketones (excluding diaryl/α,β-unsaturated/α-hetero) is 1. The van der Waals surface area contributed by atoms with Crippen LogP contribution in [0.3, 0.4) is 0 Å². The molecule has 0 radical (unpaired) electrons. The SMILES string of the molecule is O=C1CCC[C@@H]2[C@@H]1[C@@H]2C(F)(F)F. The van der Waals surface area contributed by atoms with E-state index in [1.54, 1.807) is 0 Å². The number of carbonyl (C=O) groups is 1. The molecule has 0 heterocycles. The lowest BCUT2D eigenvalue weighted by Crippen LogP contribution is -2.14. The Labute approximate surface area is 67.9 Å². The van der Waals surface area contributed by atoms with Crippen LogP contribution in [0.5, 0.6) is 0 Å². The quantitative estimate of drug-likeness (QED) is 0.555. The van der Waals surface area contributed by atoms with Crippen molar-refractivity contribution in [1.29, 1.82) is 0 Å². The van der Waals surface area contributed by atoms with Crippen LogP contribution in [0.15, 0.2) is 0 Å². The van der Waals surface area contributed by atoms with Crippen molar-refractivity contribution in [1.82, 2.24) is 0 Å². The van der Waals surface area contributed by atoms with Gasteiger partial charge in [0.15, 0.2) is 0 Å². The van der Waals surface area contributed by atoms with Gasteiger partial charge in [0.1, 0.15) is 5.78 Å². The third-order valence-corrected chi connectivity index (χ3v) is 2.88. The molecule has 12 heavy (non-hydrogen) atoms. The van der Waals surface area contributed by atoms with Crippen LogP contribution in [-0.2, 0) is 4.79 Å². The van der Waals surface area contributed by atoms with Crippen molar-refractivity contribution in [3.05, 3.63) is 0 Å². The Balaban J connectivity index is 2.10. The van der Waals surface area contributed by atoms with Crippen molar-refractivity contribution in [3.63, 3.8) is 0 Å². The molecular weight excluding hydrogens is 169 g/mol. The summed E-state index contributed by atoms with van der Waals surface area (Å²) in [5.41, 5.74) is 0. The average molecular weight is 178 g/mol. The minimum atomic E-state index is -4.14. The van der Waals surface area contributed by atoms with Gasteiger partial charge in [0.25, 0.3) is 0 Å². The van der Waals surface area contributed by atoms with Crippen LogP contribution in [0.4, 0.5) is 13.2 Å². The van der Waals surface area contributed by atoms with Crippen molar-refractivity contribution < 1.29 is 18.0 Å². The maximum absolute atomic E-state index is 12.2. The Morgan fingerprint density at radius 1 is 1.33 bits per heavy atom. The number of carbonyl (C=O) groups excluding carboxylic acids is 1. The van der Waals surface area contributed by atoms with E-state index in [2.05, 4.69) is 0 Å². The van der Waals surface area contributed by atoms with Gasteiger partial charge in [0.2, 0.25) is 0 Å². The predicted octanol–water partition coefficient (Wildman–Crippen LogP) is 2.16. The van der Waals surface area contributed by atoms with Gasteiger partial charge >= 0.3 is 6.18 Å². The van der Waals surface area contributed by atoms with E-state index in [1.165, 1.54) is 0 Å². The Morgan fingerprint density at radius 3 is 2.50 bits per heavy atom. The maximum atomic E-state index is 12.2. The van der Waals surface area contributed by atoms with E-state index in [1.807, 2.05) is 0 Å². The monoisotopic (exact) mass is 178 g/mol. The third-order valence-electron chi connectivity index (χ3n) is 2.88. The molecule has 3 atom stereocenters. The first-order valence-electron chi connectivity index (χ1n) is 4.11. The summed E-state index contributed by atoms with van der Waals surface area (Å²) in [6.07, 6.45) is -2.56. The number of hydrogen-bond donors (Lipinski definition) is 0. The summed E-state index contributed by atoms with van der Waals surface area (Å²) in [6.45, 7) is 0. The molecule has 0 N–H and O–H groups in total. The lowest BCUT2D eigenvalue weighted by molar-refractivity contribution is -0.156. The first-order valence-corrected chi connectivity index (χ1v) is 4.11. The van der Waals surface area contributed by atoms with Gasteiger partial charge in [-0.25, -0.2) is 0 Å². The largest absolute Gasteiger partial charge is 0.392 e.